The van der Waals surface area contributed by atoms with Crippen molar-refractivity contribution >= 4 is 34.3 Å². The van der Waals surface area contributed by atoms with Crippen molar-refractivity contribution < 1.29 is 0 Å². The minimum Gasteiger partial charge on any atom is -0.303 e. The molecule has 1 aromatic carbocycles. The van der Waals surface area contributed by atoms with Crippen molar-refractivity contribution in [1.82, 2.24) is 19.7 Å². The van der Waals surface area contributed by atoms with E-state index in [1.807, 2.05) is 24.4 Å². The average Bonchev–Trinajstić information content (AvgIpc) is 3.53. The van der Waals surface area contributed by atoms with Gasteiger partial charge in [-0.15, -0.1) is 10.2 Å². The lowest BCUT2D eigenvalue weighted by molar-refractivity contribution is 0.627. The Morgan fingerprint density at radius 2 is 2.00 bits per heavy atom. The van der Waals surface area contributed by atoms with Crippen molar-refractivity contribution in [2.75, 3.05) is 0 Å². The molecular weight excluding hydrogens is 340 g/mol. The van der Waals surface area contributed by atoms with Gasteiger partial charge >= 0.3 is 0 Å². The van der Waals surface area contributed by atoms with Gasteiger partial charge < -0.3 is 4.57 Å². The van der Waals surface area contributed by atoms with E-state index < -0.39 is 0 Å². The van der Waals surface area contributed by atoms with Gasteiger partial charge in [-0.1, -0.05) is 29.4 Å². The zero-order valence-corrected chi connectivity index (χ0v) is 14.7. The molecule has 122 valence electrons. The fraction of sp³-hybridized carbons (Fsp3) is 0.389. The molecule has 0 atom stereocenters. The van der Waals surface area contributed by atoms with Crippen molar-refractivity contribution in [3.8, 4) is 0 Å². The Kier molecular flexibility index (Phi) is 3.52. The van der Waals surface area contributed by atoms with Crippen LogP contribution in [0.1, 0.15) is 49.0 Å². The molecular formula is C18H17ClN4S. The van der Waals surface area contributed by atoms with Gasteiger partial charge in [0.25, 0.3) is 0 Å². The molecule has 4 nitrogen and oxygen atoms in total. The van der Waals surface area contributed by atoms with E-state index in [0.717, 1.165) is 26.8 Å². The van der Waals surface area contributed by atoms with Crippen molar-refractivity contribution in [3.63, 3.8) is 0 Å². The largest absolute Gasteiger partial charge is 0.303 e. The highest BCUT2D eigenvalue weighted by Crippen LogP contribution is 2.46. The summed E-state index contributed by atoms with van der Waals surface area (Å²) in [6, 6.07) is 8.61. The Hall–Kier alpha value is -1.59. The van der Waals surface area contributed by atoms with Gasteiger partial charge in [-0.05, 0) is 49.4 Å². The molecule has 0 N–H and O–H groups in total. The van der Waals surface area contributed by atoms with Crippen molar-refractivity contribution in [2.24, 2.45) is 0 Å². The van der Waals surface area contributed by atoms with E-state index in [-0.39, 0.29) is 0 Å². The molecule has 0 amide bonds. The number of hydrogen-bond donors (Lipinski definition) is 0. The first kappa shape index (κ1) is 14.7. The summed E-state index contributed by atoms with van der Waals surface area (Å²) in [5.74, 6) is 2.68. The lowest BCUT2D eigenvalue weighted by atomic mass is 10.1. The molecule has 0 saturated heterocycles. The molecule has 0 unspecified atom stereocenters. The zero-order chi connectivity index (χ0) is 16.1. The molecule has 2 aromatic heterocycles. The maximum atomic E-state index is 6.29. The molecule has 2 heterocycles. The number of pyridine rings is 1. The van der Waals surface area contributed by atoms with Crippen LogP contribution in [0.15, 0.2) is 35.6 Å². The summed E-state index contributed by atoms with van der Waals surface area (Å²) in [7, 11) is 0. The van der Waals surface area contributed by atoms with Gasteiger partial charge in [-0.2, -0.15) is 0 Å². The minimum atomic E-state index is 0.623. The predicted molar refractivity (Wildman–Crippen MR) is 96.6 cm³/mol. The predicted octanol–water partition coefficient (Wildman–Crippen LogP) is 4.98. The Bertz CT molecular complexity index is 915. The quantitative estimate of drug-likeness (QED) is 0.604. The van der Waals surface area contributed by atoms with E-state index in [1.165, 1.54) is 37.1 Å². The normalized spacial score (nSPS) is 17.5. The third-order valence-corrected chi connectivity index (χ3v) is 6.02. The molecule has 0 bridgehead atoms. The van der Waals surface area contributed by atoms with E-state index in [0.29, 0.717) is 12.0 Å². The van der Waals surface area contributed by atoms with Crippen LogP contribution < -0.4 is 0 Å². The third kappa shape index (κ3) is 2.60. The standard InChI is InChI=1S/C18H17ClN4S/c19-15-8-5-12(16-14(15)2-1-9-20-16)10-24-18-22-21-17(11-3-4-11)23(18)13-6-7-13/h1-2,5,8-9,11,13H,3-4,6-7,10H2. The SMILES string of the molecule is Clc1ccc(CSc2nnc(C3CC3)n2C2CC2)c2ncccc12. The highest BCUT2D eigenvalue weighted by molar-refractivity contribution is 7.98. The zero-order valence-electron chi connectivity index (χ0n) is 13.2. The maximum absolute atomic E-state index is 6.29. The second-order valence-corrected chi connectivity index (χ2v) is 7.96. The molecule has 2 aliphatic rings. The van der Waals surface area contributed by atoms with Crippen LogP contribution in [0.4, 0.5) is 0 Å². The molecule has 0 radical (unpaired) electrons. The Morgan fingerprint density at radius 1 is 1.12 bits per heavy atom. The molecule has 6 heteroatoms. The van der Waals surface area contributed by atoms with Crippen LogP contribution in [-0.4, -0.2) is 19.7 Å². The van der Waals surface area contributed by atoms with Crippen LogP contribution in [0.3, 0.4) is 0 Å². The van der Waals surface area contributed by atoms with Crippen molar-refractivity contribution in [1.29, 1.82) is 0 Å². The Morgan fingerprint density at radius 3 is 2.79 bits per heavy atom. The van der Waals surface area contributed by atoms with Crippen molar-refractivity contribution in [3.05, 3.63) is 46.9 Å². The molecule has 24 heavy (non-hydrogen) atoms. The van der Waals surface area contributed by atoms with Gasteiger partial charge in [0.05, 0.1) is 5.52 Å². The van der Waals surface area contributed by atoms with Crippen LogP contribution in [0.2, 0.25) is 5.02 Å². The molecule has 2 fully saturated rings. The number of benzene rings is 1. The topological polar surface area (TPSA) is 43.6 Å². The number of thioether (sulfide) groups is 1. The summed E-state index contributed by atoms with van der Waals surface area (Å²) < 4.78 is 2.40. The highest BCUT2D eigenvalue weighted by atomic mass is 35.5. The number of rotatable bonds is 5. The van der Waals surface area contributed by atoms with Crippen LogP contribution in [0.25, 0.3) is 10.9 Å². The van der Waals surface area contributed by atoms with E-state index in [4.69, 9.17) is 11.6 Å². The first-order chi connectivity index (χ1) is 11.8. The monoisotopic (exact) mass is 356 g/mol. The van der Waals surface area contributed by atoms with Gasteiger partial charge in [-0.3, -0.25) is 4.98 Å². The van der Waals surface area contributed by atoms with Gasteiger partial charge in [-0.25, -0.2) is 0 Å². The highest BCUT2D eigenvalue weighted by Gasteiger charge is 2.36. The number of hydrogen-bond acceptors (Lipinski definition) is 4. The summed E-state index contributed by atoms with van der Waals surface area (Å²) in [6.07, 6.45) is 6.88. The summed E-state index contributed by atoms with van der Waals surface area (Å²) >= 11 is 8.05. The van der Waals surface area contributed by atoms with Gasteiger partial charge in [0.2, 0.25) is 0 Å². The summed E-state index contributed by atoms with van der Waals surface area (Å²) in [5, 5.41) is 11.8. The number of fused-ring (bicyclic) bond motifs is 1. The number of aromatic nitrogens is 4. The molecule has 0 spiro atoms. The average molecular weight is 357 g/mol. The third-order valence-electron chi connectivity index (χ3n) is 4.70. The maximum Gasteiger partial charge on any atom is 0.191 e. The first-order valence-corrected chi connectivity index (χ1v) is 9.77. The van der Waals surface area contributed by atoms with E-state index >= 15 is 0 Å². The fourth-order valence-electron chi connectivity index (χ4n) is 3.14. The van der Waals surface area contributed by atoms with Gasteiger partial charge in [0.15, 0.2) is 5.16 Å². The van der Waals surface area contributed by atoms with Crippen LogP contribution in [0, 0.1) is 0 Å². The minimum absolute atomic E-state index is 0.623. The van der Waals surface area contributed by atoms with Crippen LogP contribution in [-0.2, 0) is 5.75 Å². The second kappa shape index (κ2) is 5.74. The fourth-order valence-corrected chi connectivity index (χ4v) is 4.35. The summed E-state index contributed by atoms with van der Waals surface area (Å²) in [5.41, 5.74) is 2.18. The lowest BCUT2D eigenvalue weighted by Crippen LogP contribution is -2.02. The Balaban J connectivity index is 1.45. The number of halogens is 1. The molecule has 0 aliphatic heterocycles. The smallest absolute Gasteiger partial charge is 0.191 e. The second-order valence-electron chi connectivity index (χ2n) is 6.61. The lowest BCUT2D eigenvalue weighted by Gasteiger charge is -2.09. The van der Waals surface area contributed by atoms with Gasteiger partial charge in [0, 0.05) is 34.3 Å². The molecule has 5 rings (SSSR count). The Labute approximate surface area is 149 Å². The van der Waals surface area contributed by atoms with Crippen LogP contribution in [0.5, 0.6) is 0 Å². The molecule has 3 aromatic rings. The van der Waals surface area contributed by atoms with Gasteiger partial charge in [0.1, 0.15) is 5.82 Å². The van der Waals surface area contributed by atoms with E-state index in [9.17, 15) is 0 Å². The first-order valence-electron chi connectivity index (χ1n) is 8.41. The van der Waals surface area contributed by atoms with Crippen molar-refractivity contribution in [2.45, 2.75) is 48.6 Å². The van der Waals surface area contributed by atoms with E-state index in [1.54, 1.807) is 11.8 Å². The summed E-state index contributed by atoms with van der Waals surface area (Å²) in [6.45, 7) is 0. The van der Waals surface area contributed by atoms with E-state index in [2.05, 4.69) is 25.8 Å². The molecule has 2 saturated carbocycles. The summed E-state index contributed by atoms with van der Waals surface area (Å²) in [4.78, 5) is 4.53. The molecule has 2 aliphatic carbocycles. The van der Waals surface area contributed by atoms with Crippen LogP contribution >= 0.6 is 23.4 Å². The number of nitrogens with zero attached hydrogens (tertiary/aromatic N) is 4.